The zero-order valence-electron chi connectivity index (χ0n) is 22.0. The Morgan fingerprint density at radius 3 is 2.54 bits per heavy atom. The quantitative estimate of drug-likeness (QED) is 0.434. The molecule has 1 N–H and O–H groups in total. The lowest BCUT2D eigenvalue weighted by molar-refractivity contribution is 0.0490. The first-order chi connectivity index (χ1) is 17.5. The molecular weight excluding hydrogens is 546 g/mol. The van der Waals surface area contributed by atoms with E-state index >= 15 is 0 Å². The molecule has 2 amide bonds. The SMILES string of the molecule is COc1c(NC(=O)OC(C)(C)Cc2ccc(Br)nc2C)ncnc1OC1CCN(C(=O)OC(C)C)CC1. The second-order valence-electron chi connectivity index (χ2n) is 9.63. The Bertz CT molecular complexity index is 1100. The van der Waals surface area contributed by atoms with Gasteiger partial charge in [0.15, 0.2) is 5.82 Å². The molecule has 37 heavy (non-hydrogen) atoms. The van der Waals surface area contributed by atoms with Crippen LogP contribution in [0.2, 0.25) is 0 Å². The summed E-state index contributed by atoms with van der Waals surface area (Å²) in [6.07, 6.45) is 1.59. The van der Waals surface area contributed by atoms with Crippen LogP contribution in [-0.2, 0) is 15.9 Å². The van der Waals surface area contributed by atoms with E-state index in [-0.39, 0.29) is 35.7 Å². The van der Waals surface area contributed by atoms with Gasteiger partial charge in [-0.1, -0.05) is 6.07 Å². The van der Waals surface area contributed by atoms with Crippen molar-refractivity contribution in [2.45, 2.75) is 71.7 Å². The van der Waals surface area contributed by atoms with Gasteiger partial charge in [0.1, 0.15) is 22.6 Å². The summed E-state index contributed by atoms with van der Waals surface area (Å²) in [6, 6.07) is 3.80. The number of likely N-dealkylation sites (tertiary alicyclic amines) is 1. The maximum Gasteiger partial charge on any atom is 0.413 e. The van der Waals surface area contributed by atoms with Crippen LogP contribution in [0.3, 0.4) is 0 Å². The first kappa shape index (κ1) is 28.4. The number of ether oxygens (including phenoxy) is 4. The summed E-state index contributed by atoms with van der Waals surface area (Å²) in [7, 11) is 1.44. The van der Waals surface area contributed by atoms with Crippen molar-refractivity contribution in [1.82, 2.24) is 19.9 Å². The largest absolute Gasteiger partial charge is 0.489 e. The van der Waals surface area contributed by atoms with Crippen molar-refractivity contribution < 1.29 is 28.5 Å². The molecule has 0 aliphatic carbocycles. The average Bonchev–Trinajstić information content (AvgIpc) is 2.80. The molecule has 0 aromatic carbocycles. The van der Waals surface area contributed by atoms with Gasteiger partial charge < -0.3 is 23.8 Å². The van der Waals surface area contributed by atoms with Crippen molar-refractivity contribution in [3.05, 3.63) is 34.3 Å². The van der Waals surface area contributed by atoms with E-state index in [0.717, 1.165) is 15.9 Å². The first-order valence-electron chi connectivity index (χ1n) is 12.1. The number of carbonyl (C=O) groups is 2. The molecule has 1 saturated heterocycles. The Morgan fingerprint density at radius 2 is 1.92 bits per heavy atom. The minimum Gasteiger partial charge on any atom is -0.489 e. The highest BCUT2D eigenvalue weighted by Crippen LogP contribution is 2.33. The highest BCUT2D eigenvalue weighted by Gasteiger charge is 2.29. The molecule has 2 aromatic rings. The number of aryl methyl sites for hydroxylation is 1. The predicted octanol–water partition coefficient (Wildman–Crippen LogP) is 4.91. The fourth-order valence-electron chi connectivity index (χ4n) is 3.92. The molecule has 1 fully saturated rings. The molecule has 11 nitrogen and oxygen atoms in total. The predicted molar refractivity (Wildman–Crippen MR) is 140 cm³/mol. The van der Waals surface area contributed by atoms with Gasteiger partial charge in [-0.25, -0.2) is 19.6 Å². The minimum atomic E-state index is -0.811. The van der Waals surface area contributed by atoms with Crippen molar-refractivity contribution in [3.63, 3.8) is 0 Å². The molecule has 0 saturated carbocycles. The molecule has 3 rings (SSSR count). The number of halogens is 1. The van der Waals surface area contributed by atoms with E-state index in [1.165, 1.54) is 13.4 Å². The summed E-state index contributed by atoms with van der Waals surface area (Å²) in [4.78, 5) is 39.2. The smallest absolute Gasteiger partial charge is 0.413 e. The van der Waals surface area contributed by atoms with Gasteiger partial charge in [-0.3, -0.25) is 5.32 Å². The van der Waals surface area contributed by atoms with E-state index in [2.05, 4.69) is 36.2 Å². The van der Waals surface area contributed by atoms with Crippen LogP contribution in [0.1, 0.15) is 51.8 Å². The number of rotatable bonds is 8. The van der Waals surface area contributed by atoms with Gasteiger partial charge in [-0.2, -0.15) is 4.98 Å². The highest BCUT2D eigenvalue weighted by atomic mass is 79.9. The average molecular weight is 580 g/mol. The summed E-state index contributed by atoms with van der Waals surface area (Å²) < 4.78 is 23.2. The zero-order valence-corrected chi connectivity index (χ0v) is 23.6. The summed E-state index contributed by atoms with van der Waals surface area (Å²) in [5.41, 5.74) is 1.02. The maximum atomic E-state index is 12.7. The van der Waals surface area contributed by atoms with E-state index in [9.17, 15) is 9.59 Å². The molecule has 0 spiro atoms. The van der Waals surface area contributed by atoms with E-state index in [1.807, 2.05) is 46.8 Å². The lowest BCUT2D eigenvalue weighted by Gasteiger charge is -2.32. The van der Waals surface area contributed by atoms with Gasteiger partial charge in [0.2, 0.25) is 5.75 Å². The lowest BCUT2D eigenvalue weighted by Crippen LogP contribution is -2.42. The molecule has 0 atom stereocenters. The Kier molecular flexibility index (Phi) is 9.52. The number of anilines is 1. The molecule has 0 unspecified atom stereocenters. The van der Waals surface area contributed by atoms with Crippen molar-refractivity contribution in [1.29, 1.82) is 0 Å². The third-order valence-electron chi connectivity index (χ3n) is 5.66. The number of amides is 2. The summed E-state index contributed by atoms with van der Waals surface area (Å²) in [6.45, 7) is 10.2. The molecule has 3 heterocycles. The number of hydrogen-bond acceptors (Lipinski definition) is 9. The molecule has 0 radical (unpaired) electrons. The molecule has 202 valence electrons. The van der Waals surface area contributed by atoms with Crippen molar-refractivity contribution in [2.75, 3.05) is 25.5 Å². The normalized spacial score (nSPS) is 14.3. The molecule has 1 aliphatic heterocycles. The minimum absolute atomic E-state index is 0.132. The zero-order chi connectivity index (χ0) is 27.2. The van der Waals surface area contributed by atoms with Crippen LogP contribution in [-0.4, -0.2) is 70.0 Å². The number of hydrogen-bond donors (Lipinski definition) is 1. The first-order valence-corrected chi connectivity index (χ1v) is 12.9. The molecular formula is C25H34BrN5O6. The number of aromatic nitrogens is 3. The van der Waals surface area contributed by atoms with Crippen molar-refractivity contribution in [2.24, 2.45) is 0 Å². The number of piperidine rings is 1. The fraction of sp³-hybridized carbons (Fsp3) is 0.560. The second kappa shape index (κ2) is 12.4. The third kappa shape index (κ3) is 8.17. The highest BCUT2D eigenvalue weighted by molar-refractivity contribution is 9.10. The molecule has 0 bridgehead atoms. The second-order valence-corrected chi connectivity index (χ2v) is 10.4. The summed E-state index contributed by atoms with van der Waals surface area (Å²) in [5.74, 6) is 0.520. The van der Waals surface area contributed by atoms with Gasteiger partial charge in [0.05, 0.1) is 13.2 Å². The standard InChI is InChI=1S/C25H34BrN5O6/c1-15(2)35-24(33)31-11-9-18(10-12-31)36-22-20(34-6)21(27-14-28-22)30-23(32)37-25(4,5)13-17-7-8-19(26)29-16(17)3/h7-8,14-15,18H,9-13H2,1-6H3,(H,27,28,30,32). The van der Waals surface area contributed by atoms with Crippen LogP contribution in [0.4, 0.5) is 15.4 Å². The summed E-state index contributed by atoms with van der Waals surface area (Å²) in [5, 5.41) is 2.64. The Balaban J connectivity index is 1.60. The van der Waals surface area contributed by atoms with E-state index in [4.69, 9.17) is 18.9 Å². The van der Waals surface area contributed by atoms with Crippen molar-refractivity contribution >= 4 is 33.9 Å². The van der Waals surface area contributed by atoms with E-state index in [1.54, 1.807) is 4.90 Å². The summed E-state index contributed by atoms with van der Waals surface area (Å²) >= 11 is 3.36. The molecule has 12 heteroatoms. The van der Waals surface area contributed by atoms with Crippen LogP contribution >= 0.6 is 15.9 Å². The van der Waals surface area contributed by atoms with Gasteiger partial charge in [0.25, 0.3) is 5.88 Å². The van der Waals surface area contributed by atoms with Crippen LogP contribution in [0.25, 0.3) is 0 Å². The van der Waals surface area contributed by atoms with Crippen LogP contribution in [0.15, 0.2) is 23.1 Å². The van der Waals surface area contributed by atoms with E-state index in [0.29, 0.717) is 32.4 Å². The maximum absolute atomic E-state index is 12.7. The monoisotopic (exact) mass is 579 g/mol. The molecule has 2 aromatic heterocycles. The number of methoxy groups -OCH3 is 1. The number of nitrogens with zero attached hydrogens (tertiary/aromatic N) is 4. The van der Waals surface area contributed by atoms with Crippen LogP contribution < -0.4 is 14.8 Å². The third-order valence-corrected chi connectivity index (χ3v) is 6.10. The lowest BCUT2D eigenvalue weighted by atomic mass is 9.97. The van der Waals surface area contributed by atoms with Gasteiger partial charge >= 0.3 is 12.2 Å². The molecule has 1 aliphatic rings. The Morgan fingerprint density at radius 1 is 1.22 bits per heavy atom. The van der Waals surface area contributed by atoms with Crippen LogP contribution in [0, 0.1) is 6.92 Å². The van der Waals surface area contributed by atoms with Gasteiger partial charge in [0, 0.05) is 38.0 Å². The van der Waals surface area contributed by atoms with Crippen LogP contribution in [0.5, 0.6) is 11.6 Å². The number of nitrogens with one attached hydrogen (secondary N) is 1. The number of pyridine rings is 1. The topological polar surface area (TPSA) is 125 Å². The van der Waals surface area contributed by atoms with Crippen molar-refractivity contribution in [3.8, 4) is 11.6 Å². The Labute approximate surface area is 225 Å². The van der Waals surface area contributed by atoms with Gasteiger partial charge in [-0.15, -0.1) is 0 Å². The fourth-order valence-corrected chi connectivity index (χ4v) is 4.32. The Hall–Kier alpha value is -3.15. The van der Waals surface area contributed by atoms with E-state index < -0.39 is 11.7 Å². The number of carbonyl (C=O) groups excluding carboxylic acids is 2. The van der Waals surface area contributed by atoms with Gasteiger partial charge in [-0.05, 0) is 62.2 Å².